The molecule has 0 spiro atoms. The van der Waals surface area contributed by atoms with Crippen molar-refractivity contribution in [2.75, 3.05) is 25.0 Å². The second-order valence-electron chi connectivity index (χ2n) is 5.41. The second-order valence-corrected chi connectivity index (χ2v) is 5.41. The van der Waals surface area contributed by atoms with Crippen molar-refractivity contribution in [2.45, 2.75) is 12.8 Å². The van der Waals surface area contributed by atoms with Gasteiger partial charge in [0.05, 0.1) is 13.2 Å². The van der Waals surface area contributed by atoms with Gasteiger partial charge in [-0.1, -0.05) is 42.5 Å². The molecule has 2 N–H and O–H groups in total. The van der Waals surface area contributed by atoms with Crippen LogP contribution >= 0.6 is 0 Å². The third kappa shape index (κ3) is 6.57. The Balaban J connectivity index is 1.72. The number of carbonyl (C=O) groups is 1. The smallest absolute Gasteiger partial charge is 0.239 e. The molecule has 126 valence electrons. The van der Waals surface area contributed by atoms with E-state index in [-0.39, 0.29) is 12.5 Å². The number of hydrogen-bond donors (Lipinski definition) is 2. The summed E-state index contributed by atoms with van der Waals surface area (Å²) in [5, 5.41) is 5.81. The highest BCUT2D eigenvalue weighted by molar-refractivity contribution is 5.80. The minimum absolute atomic E-state index is 0.0657. The van der Waals surface area contributed by atoms with Crippen molar-refractivity contribution in [3.63, 3.8) is 0 Å². The Morgan fingerprint density at radius 3 is 2.75 bits per heavy atom. The van der Waals surface area contributed by atoms with Crippen molar-refractivity contribution in [2.24, 2.45) is 0 Å². The number of benzene rings is 2. The highest BCUT2D eigenvalue weighted by Gasteiger charge is 2.01. The lowest BCUT2D eigenvalue weighted by Gasteiger charge is -2.10. The molecule has 0 unspecified atom stereocenters. The van der Waals surface area contributed by atoms with Crippen LogP contribution in [-0.4, -0.2) is 25.6 Å². The predicted molar refractivity (Wildman–Crippen MR) is 98.4 cm³/mol. The van der Waals surface area contributed by atoms with E-state index in [1.54, 1.807) is 6.08 Å². The molecule has 1 amide bonds. The van der Waals surface area contributed by atoms with Crippen LogP contribution in [0.1, 0.15) is 12.0 Å². The van der Waals surface area contributed by atoms with E-state index in [1.807, 2.05) is 30.3 Å². The Bertz CT molecular complexity index is 641. The fraction of sp³-hybridized carbons (Fsp3) is 0.250. The van der Waals surface area contributed by atoms with Gasteiger partial charge in [-0.05, 0) is 30.5 Å². The Morgan fingerprint density at radius 2 is 1.96 bits per heavy atom. The zero-order valence-corrected chi connectivity index (χ0v) is 13.8. The summed E-state index contributed by atoms with van der Waals surface area (Å²) in [6.07, 6.45) is 3.62. The monoisotopic (exact) mass is 324 g/mol. The maximum absolute atomic E-state index is 11.6. The van der Waals surface area contributed by atoms with Crippen molar-refractivity contribution in [3.8, 4) is 5.75 Å². The number of hydrogen-bond acceptors (Lipinski definition) is 3. The molecule has 24 heavy (non-hydrogen) atoms. The molecule has 2 rings (SSSR count). The number of amides is 1. The Kier molecular flexibility index (Phi) is 7.41. The van der Waals surface area contributed by atoms with E-state index >= 15 is 0 Å². The summed E-state index contributed by atoms with van der Waals surface area (Å²) in [7, 11) is 0. The summed E-state index contributed by atoms with van der Waals surface area (Å²) < 4.78 is 5.79. The molecular weight excluding hydrogens is 300 g/mol. The van der Waals surface area contributed by atoms with Gasteiger partial charge in [-0.2, -0.15) is 0 Å². The van der Waals surface area contributed by atoms with Gasteiger partial charge in [0.1, 0.15) is 5.75 Å². The molecule has 0 aromatic heterocycles. The van der Waals surface area contributed by atoms with Crippen LogP contribution in [0, 0.1) is 0 Å². The van der Waals surface area contributed by atoms with Crippen molar-refractivity contribution < 1.29 is 9.53 Å². The van der Waals surface area contributed by atoms with Gasteiger partial charge in [-0.15, -0.1) is 6.58 Å². The van der Waals surface area contributed by atoms with Gasteiger partial charge in [0.25, 0.3) is 0 Å². The van der Waals surface area contributed by atoms with Crippen LogP contribution in [0.2, 0.25) is 0 Å². The molecule has 0 saturated carbocycles. The Morgan fingerprint density at radius 1 is 1.12 bits per heavy atom. The molecule has 0 aliphatic carbocycles. The standard InChI is InChI=1S/C20H24N2O2/c1-2-13-21-20(23)16-22-18-11-6-12-19(15-18)24-14-7-10-17-8-4-3-5-9-17/h2-6,8-9,11-12,15,22H,1,7,10,13-14,16H2,(H,21,23). The van der Waals surface area contributed by atoms with Crippen molar-refractivity contribution in [1.82, 2.24) is 5.32 Å². The van der Waals surface area contributed by atoms with Crippen LogP contribution in [0.15, 0.2) is 67.3 Å². The molecule has 0 radical (unpaired) electrons. The molecule has 0 aliphatic rings. The van der Waals surface area contributed by atoms with E-state index in [1.165, 1.54) is 5.56 Å². The zero-order chi connectivity index (χ0) is 17.0. The number of carbonyl (C=O) groups excluding carboxylic acids is 1. The van der Waals surface area contributed by atoms with Gasteiger partial charge in [-0.25, -0.2) is 0 Å². The summed E-state index contributed by atoms with van der Waals surface area (Å²) in [4.78, 5) is 11.6. The predicted octanol–water partition coefficient (Wildman–Crippen LogP) is 3.41. The van der Waals surface area contributed by atoms with E-state index in [0.717, 1.165) is 24.3 Å². The third-order valence-electron chi connectivity index (χ3n) is 3.45. The number of rotatable bonds is 10. The normalized spacial score (nSPS) is 10.0. The van der Waals surface area contributed by atoms with Gasteiger partial charge < -0.3 is 15.4 Å². The summed E-state index contributed by atoms with van der Waals surface area (Å²) in [6, 6.07) is 18.0. The minimum atomic E-state index is -0.0657. The number of aryl methyl sites for hydroxylation is 1. The lowest BCUT2D eigenvalue weighted by Crippen LogP contribution is -2.29. The highest BCUT2D eigenvalue weighted by Crippen LogP contribution is 2.17. The van der Waals surface area contributed by atoms with Gasteiger partial charge >= 0.3 is 0 Å². The van der Waals surface area contributed by atoms with E-state index in [2.05, 4.69) is 41.5 Å². The van der Waals surface area contributed by atoms with Crippen LogP contribution in [0.5, 0.6) is 5.75 Å². The fourth-order valence-electron chi connectivity index (χ4n) is 2.24. The van der Waals surface area contributed by atoms with Crippen LogP contribution in [-0.2, 0) is 11.2 Å². The first-order chi connectivity index (χ1) is 11.8. The first-order valence-corrected chi connectivity index (χ1v) is 8.16. The molecule has 4 heteroatoms. The topological polar surface area (TPSA) is 50.4 Å². The third-order valence-corrected chi connectivity index (χ3v) is 3.45. The van der Waals surface area contributed by atoms with Gasteiger partial charge in [0.2, 0.25) is 5.91 Å². The zero-order valence-electron chi connectivity index (χ0n) is 13.8. The SMILES string of the molecule is C=CCNC(=O)CNc1cccc(OCCCc2ccccc2)c1. The van der Waals surface area contributed by atoms with E-state index in [4.69, 9.17) is 4.74 Å². The molecule has 2 aromatic carbocycles. The van der Waals surface area contributed by atoms with Crippen LogP contribution in [0.4, 0.5) is 5.69 Å². The summed E-state index contributed by atoms with van der Waals surface area (Å²) in [5.74, 6) is 0.739. The molecule has 4 nitrogen and oxygen atoms in total. The summed E-state index contributed by atoms with van der Waals surface area (Å²) in [5.41, 5.74) is 2.19. The van der Waals surface area contributed by atoms with Crippen molar-refractivity contribution >= 4 is 11.6 Å². The van der Waals surface area contributed by atoms with Crippen molar-refractivity contribution in [1.29, 1.82) is 0 Å². The number of ether oxygens (including phenoxy) is 1. The molecular formula is C20H24N2O2. The Labute approximate surface area is 143 Å². The fourth-order valence-corrected chi connectivity index (χ4v) is 2.24. The average Bonchev–Trinajstić information content (AvgIpc) is 2.63. The molecule has 0 heterocycles. The van der Waals surface area contributed by atoms with E-state index in [9.17, 15) is 4.79 Å². The van der Waals surface area contributed by atoms with Crippen LogP contribution in [0.3, 0.4) is 0 Å². The second kappa shape index (κ2) is 10.1. The largest absolute Gasteiger partial charge is 0.494 e. The van der Waals surface area contributed by atoms with Crippen LogP contribution in [0.25, 0.3) is 0 Å². The lowest BCUT2D eigenvalue weighted by atomic mass is 10.1. The highest BCUT2D eigenvalue weighted by atomic mass is 16.5. The van der Waals surface area contributed by atoms with Crippen molar-refractivity contribution in [3.05, 3.63) is 72.8 Å². The minimum Gasteiger partial charge on any atom is -0.494 e. The first kappa shape index (κ1) is 17.6. The van der Waals surface area contributed by atoms with Gasteiger partial charge in [0.15, 0.2) is 0 Å². The molecule has 2 aromatic rings. The quantitative estimate of drug-likeness (QED) is 0.520. The summed E-state index contributed by atoms with van der Waals surface area (Å²) in [6.45, 7) is 4.94. The van der Waals surface area contributed by atoms with Gasteiger partial charge in [-0.3, -0.25) is 4.79 Å². The number of nitrogens with one attached hydrogen (secondary N) is 2. The maximum atomic E-state index is 11.6. The van der Waals surface area contributed by atoms with Crippen LogP contribution < -0.4 is 15.4 Å². The molecule has 0 saturated heterocycles. The lowest BCUT2D eigenvalue weighted by molar-refractivity contribution is -0.119. The van der Waals surface area contributed by atoms with Gasteiger partial charge in [0, 0.05) is 18.3 Å². The van der Waals surface area contributed by atoms with E-state index < -0.39 is 0 Å². The van der Waals surface area contributed by atoms with E-state index in [0.29, 0.717) is 13.2 Å². The maximum Gasteiger partial charge on any atom is 0.239 e. The molecule has 0 aliphatic heterocycles. The first-order valence-electron chi connectivity index (χ1n) is 8.16. The molecule has 0 atom stereocenters. The average molecular weight is 324 g/mol. The molecule has 0 fully saturated rings. The Hall–Kier alpha value is -2.75. The summed E-state index contributed by atoms with van der Waals surface area (Å²) >= 11 is 0. The number of anilines is 1. The molecule has 0 bridgehead atoms.